The number of pyridine rings is 1. The third-order valence-electron chi connectivity index (χ3n) is 1.47. The van der Waals surface area contributed by atoms with E-state index >= 15 is 0 Å². The van der Waals surface area contributed by atoms with Crippen molar-refractivity contribution in [1.82, 2.24) is 4.98 Å². The lowest BCUT2D eigenvalue weighted by Crippen LogP contribution is -1.93. The van der Waals surface area contributed by atoms with Crippen LogP contribution in [0.5, 0.6) is 0 Å². The minimum atomic E-state index is 0.533. The van der Waals surface area contributed by atoms with Crippen molar-refractivity contribution >= 4 is 12.6 Å². The average Bonchev–Trinajstić information content (AvgIpc) is 2.08. The normalized spacial score (nSPS) is 8.92. The summed E-state index contributed by atoms with van der Waals surface area (Å²) in [6, 6.07) is 3.89. The third kappa shape index (κ3) is 3.14. The topological polar surface area (TPSA) is 56.0 Å². The highest BCUT2D eigenvalue weighted by molar-refractivity contribution is 5.33. The van der Waals surface area contributed by atoms with Crippen LogP contribution in [0.2, 0.25) is 0 Å². The number of nitrogens with zero attached hydrogens (tertiary/aromatic N) is 1. The van der Waals surface area contributed by atoms with Crippen LogP contribution in [-0.2, 0) is 4.79 Å². The minimum Gasteiger partial charge on any atom is -0.384 e. The molecule has 0 saturated heterocycles. The van der Waals surface area contributed by atoms with E-state index in [2.05, 4.69) is 18.8 Å². The second-order valence-corrected chi connectivity index (χ2v) is 2.67. The maximum absolute atomic E-state index is 8.00. The van der Waals surface area contributed by atoms with Gasteiger partial charge < -0.3 is 10.5 Å². The molecule has 0 unspecified atom stereocenters. The number of carbonyl (C=O) groups excluding carboxylic acids is 1. The second-order valence-electron chi connectivity index (χ2n) is 2.67. The zero-order valence-electron chi connectivity index (χ0n) is 7.45. The Bertz CT molecular complexity index is 236. The average molecular weight is 166 g/mol. The van der Waals surface area contributed by atoms with Crippen molar-refractivity contribution in [3.63, 3.8) is 0 Å². The number of hydrogen-bond acceptors (Lipinski definition) is 3. The van der Waals surface area contributed by atoms with E-state index in [4.69, 9.17) is 10.5 Å². The Balaban J connectivity index is 0.000000561. The van der Waals surface area contributed by atoms with Crippen LogP contribution in [0.25, 0.3) is 0 Å². The SMILES string of the molecule is C=O.CC(C)c1ccnc(N)c1. The summed E-state index contributed by atoms with van der Waals surface area (Å²) in [7, 11) is 0. The lowest BCUT2D eigenvalue weighted by molar-refractivity contribution is -0.0979. The zero-order valence-corrected chi connectivity index (χ0v) is 7.45. The van der Waals surface area contributed by atoms with Crippen molar-refractivity contribution in [2.24, 2.45) is 0 Å². The van der Waals surface area contributed by atoms with Gasteiger partial charge in [-0.3, -0.25) is 0 Å². The van der Waals surface area contributed by atoms with Gasteiger partial charge in [0.1, 0.15) is 12.6 Å². The first-order valence-electron chi connectivity index (χ1n) is 3.70. The van der Waals surface area contributed by atoms with Crippen molar-refractivity contribution in [3.8, 4) is 0 Å². The molecule has 0 aromatic carbocycles. The minimum absolute atomic E-state index is 0.533. The summed E-state index contributed by atoms with van der Waals surface area (Å²) in [4.78, 5) is 11.9. The van der Waals surface area contributed by atoms with Crippen LogP contribution in [0, 0.1) is 0 Å². The number of anilines is 1. The maximum atomic E-state index is 8.00. The molecule has 3 nitrogen and oxygen atoms in total. The summed E-state index contributed by atoms with van der Waals surface area (Å²) < 4.78 is 0. The van der Waals surface area contributed by atoms with Crippen LogP contribution in [0.15, 0.2) is 18.3 Å². The lowest BCUT2D eigenvalue weighted by Gasteiger charge is -2.03. The van der Waals surface area contributed by atoms with Gasteiger partial charge in [0.2, 0.25) is 0 Å². The summed E-state index contributed by atoms with van der Waals surface area (Å²) >= 11 is 0. The predicted molar refractivity (Wildman–Crippen MR) is 49.9 cm³/mol. The molecule has 66 valence electrons. The first-order valence-corrected chi connectivity index (χ1v) is 3.70. The summed E-state index contributed by atoms with van der Waals surface area (Å²) in [6.07, 6.45) is 1.74. The van der Waals surface area contributed by atoms with E-state index < -0.39 is 0 Å². The Labute approximate surface area is 72.6 Å². The van der Waals surface area contributed by atoms with Crippen LogP contribution >= 0.6 is 0 Å². The molecule has 0 aliphatic heterocycles. The largest absolute Gasteiger partial charge is 0.384 e. The van der Waals surface area contributed by atoms with Gasteiger partial charge in [-0.1, -0.05) is 13.8 Å². The van der Waals surface area contributed by atoms with Gasteiger partial charge in [0.15, 0.2) is 0 Å². The van der Waals surface area contributed by atoms with Crippen molar-refractivity contribution in [1.29, 1.82) is 0 Å². The van der Waals surface area contributed by atoms with E-state index in [1.165, 1.54) is 5.56 Å². The van der Waals surface area contributed by atoms with E-state index in [0.717, 1.165) is 0 Å². The molecule has 1 aromatic rings. The number of rotatable bonds is 1. The summed E-state index contributed by atoms with van der Waals surface area (Å²) in [5.74, 6) is 1.14. The molecular weight excluding hydrogens is 152 g/mol. The van der Waals surface area contributed by atoms with Crippen LogP contribution in [0.1, 0.15) is 25.3 Å². The predicted octanol–water partition coefficient (Wildman–Crippen LogP) is 1.60. The number of nitrogens with two attached hydrogens (primary N) is 1. The standard InChI is InChI=1S/C8H12N2.CH2O/c1-6(2)7-3-4-10-8(9)5-7;1-2/h3-6H,1-2H3,(H2,9,10);1H2. The molecule has 0 bridgehead atoms. The first-order chi connectivity index (χ1) is 5.70. The molecule has 0 saturated carbocycles. The van der Waals surface area contributed by atoms with E-state index in [-0.39, 0.29) is 0 Å². The molecule has 0 aliphatic rings. The van der Waals surface area contributed by atoms with Gasteiger partial charge in [-0.05, 0) is 23.6 Å². The van der Waals surface area contributed by atoms with Gasteiger partial charge in [0, 0.05) is 6.20 Å². The molecule has 0 radical (unpaired) electrons. The van der Waals surface area contributed by atoms with Crippen LogP contribution in [0.3, 0.4) is 0 Å². The van der Waals surface area contributed by atoms with Crippen molar-refractivity contribution < 1.29 is 4.79 Å². The summed E-state index contributed by atoms with van der Waals surface area (Å²) in [5, 5.41) is 0. The number of hydrogen-bond donors (Lipinski definition) is 1. The quantitative estimate of drug-likeness (QED) is 0.689. The monoisotopic (exact) mass is 166 g/mol. The Kier molecular flexibility index (Phi) is 4.69. The number of carbonyl (C=O) groups is 1. The Morgan fingerprint density at radius 3 is 2.42 bits per heavy atom. The van der Waals surface area contributed by atoms with Gasteiger partial charge >= 0.3 is 0 Å². The molecule has 0 spiro atoms. The fourth-order valence-electron chi connectivity index (χ4n) is 0.825. The Hall–Kier alpha value is -1.38. The molecule has 0 amide bonds. The van der Waals surface area contributed by atoms with Crippen molar-refractivity contribution in [3.05, 3.63) is 23.9 Å². The molecule has 1 aromatic heterocycles. The molecule has 12 heavy (non-hydrogen) atoms. The Morgan fingerprint density at radius 1 is 1.50 bits per heavy atom. The fraction of sp³-hybridized carbons (Fsp3) is 0.333. The van der Waals surface area contributed by atoms with Crippen molar-refractivity contribution in [2.45, 2.75) is 19.8 Å². The first kappa shape index (κ1) is 10.6. The molecular formula is C9H14N2O. The van der Waals surface area contributed by atoms with E-state index in [1.54, 1.807) is 6.20 Å². The summed E-state index contributed by atoms with van der Waals surface area (Å²) in [5.41, 5.74) is 6.73. The highest BCUT2D eigenvalue weighted by Crippen LogP contribution is 2.14. The molecule has 2 N–H and O–H groups in total. The van der Waals surface area contributed by atoms with Gasteiger partial charge in [-0.25, -0.2) is 4.98 Å². The highest BCUT2D eigenvalue weighted by Gasteiger charge is 1.97. The van der Waals surface area contributed by atoms with E-state index in [1.807, 2.05) is 18.9 Å². The second kappa shape index (κ2) is 5.29. The van der Waals surface area contributed by atoms with Gasteiger partial charge in [-0.15, -0.1) is 0 Å². The Morgan fingerprint density at radius 2 is 2.08 bits per heavy atom. The van der Waals surface area contributed by atoms with Crippen LogP contribution in [0.4, 0.5) is 5.82 Å². The third-order valence-corrected chi connectivity index (χ3v) is 1.47. The lowest BCUT2D eigenvalue weighted by atomic mass is 10.1. The number of aromatic nitrogens is 1. The van der Waals surface area contributed by atoms with Gasteiger partial charge in [-0.2, -0.15) is 0 Å². The van der Waals surface area contributed by atoms with Gasteiger partial charge in [0.25, 0.3) is 0 Å². The molecule has 1 heterocycles. The summed E-state index contributed by atoms with van der Waals surface area (Å²) in [6.45, 7) is 6.27. The zero-order chi connectivity index (χ0) is 9.56. The molecule has 0 fully saturated rings. The van der Waals surface area contributed by atoms with Crippen LogP contribution in [-0.4, -0.2) is 11.8 Å². The smallest absolute Gasteiger partial charge is 0.123 e. The van der Waals surface area contributed by atoms with Crippen LogP contribution < -0.4 is 5.73 Å². The fourth-order valence-corrected chi connectivity index (χ4v) is 0.825. The molecule has 3 heteroatoms. The van der Waals surface area contributed by atoms with Crippen molar-refractivity contribution in [2.75, 3.05) is 5.73 Å². The molecule has 0 aliphatic carbocycles. The van der Waals surface area contributed by atoms with Gasteiger partial charge in [0.05, 0.1) is 0 Å². The van der Waals surface area contributed by atoms with E-state index in [9.17, 15) is 0 Å². The number of nitrogen functional groups attached to an aromatic ring is 1. The van der Waals surface area contributed by atoms with E-state index in [0.29, 0.717) is 11.7 Å². The molecule has 1 rings (SSSR count). The maximum Gasteiger partial charge on any atom is 0.123 e. The highest BCUT2D eigenvalue weighted by atomic mass is 16.1. The molecule has 0 atom stereocenters.